The predicted octanol–water partition coefficient (Wildman–Crippen LogP) is 8.95. The van der Waals surface area contributed by atoms with E-state index in [0.717, 1.165) is 33.4 Å². The first-order valence-electron chi connectivity index (χ1n) is 18.3. The molecule has 1 aliphatic carbocycles. The first-order valence-corrected chi connectivity index (χ1v) is 18.3. The molecular formula is C42H35F4N5O5. The van der Waals surface area contributed by atoms with Crippen molar-refractivity contribution < 1.29 is 41.0 Å². The maximum absolute atomic E-state index is 13.8. The van der Waals surface area contributed by atoms with Crippen molar-refractivity contribution in [2.75, 3.05) is 19.6 Å². The molecule has 4 heterocycles. The Morgan fingerprint density at radius 2 is 1.61 bits per heavy atom. The number of nitriles is 1. The second-order valence-corrected chi connectivity index (χ2v) is 15.2. The number of oxazole rings is 2. The van der Waals surface area contributed by atoms with Crippen molar-refractivity contribution in [1.82, 2.24) is 19.8 Å². The third kappa shape index (κ3) is 6.06. The summed E-state index contributed by atoms with van der Waals surface area (Å²) in [5.74, 6) is -3.03. The van der Waals surface area contributed by atoms with Gasteiger partial charge in [-0.1, -0.05) is 24.3 Å². The number of likely N-dealkylation sites (tertiary alicyclic amines) is 2. The lowest BCUT2D eigenvalue weighted by atomic mass is 9.91. The molecule has 4 aromatic carbocycles. The Labute approximate surface area is 317 Å². The van der Waals surface area contributed by atoms with Crippen molar-refractivity contribution in [3.05, 3.63) is 88.5 Å². The van der Waals surface area contributed by atoms with E-state index in [1.165, 1.54) is 6.07 Å². The second-order valence-electron chi connectivity index (χ2n) is 15.2. The van der Waals surface area contributed by atoms with E-state index in [0.29, 0.717) is 78.2 Å². The summed E-state index contributed by atoms with van der Waals surface area (Å²) in [5, 5.41) is 19.6. The van der Waals surface area contributed by atoms with Gasteiger partial charge in [-0.25, -0.2) is 18.7 Å². The average molecular weight is 766 g/mol. The molecule has 1 atom stereocenters. The molecule has 286 valence electrons. The molecule has 0 radical (unpaired) electrons. The van der Waals surface area contributed by atoms with Gasteiger partial charge in [0.2, 0.25) is 11.8 Å². The zero-order valence-electron chi connectivity index (χ0n) is 30.4. The zero-order chi connectivity index (χ0) is 39.1. The number of fused-ring (bicyclic) bond motifs is 2. The molecule has 6 aromatic rings. The first-order chi connectivity index (χ1) is 26.8. The van der Waals surface area contributed by atoms with Crippen molar-refractivity contribution in [2.45, 2.75) is 64.8 Å². The van der Waals surface area contributed by atoms with Crippen LogP contribution in [0, 0.1) is 30.6 Å². The van der Waals surface area contributed by atoms with Crippen LogP contribution in [0.15, 0.2) is 69.5 Å². The highest BCUT2D eigenvalue weighted by molar-refractivity contribution is 5.86. The van der Waals surface area contributed by atoms with Crippen molar-refractivity contribution in [3.8, 4) is 45.9 Å². The number of rotatable bonds is 10. The van der Waals surface area contributed by atoms with Crippen LogP contribution < -0.4 is 4.74 Å². The lowest BCUT2D eigenvalue weighted by Gasteiger charge is -2.40. The molecule has 0 bridgehead atoms. The Bertz CT molecular complexity index is 2610. The molecule has 1 spiro atoms. The Balaban J connectivity index is 1.02. The average Bonchev–Trinajstić information content (AvgIpc) is 3.63. The summed E-state index contributed by atoms with van der Waals surface area (Å²) in [6, 6.07) is 19.5. The maximum atomic E-state index is 13.8. The molecular weight excluding hydrogens is 730 g/mol. The van der Waals surface area contributed by atoms with Crippen LogP contribution in [0.3, 0.4) is 0 Å². The molecule has 2 saturated heterocycles. The van der Waals surface area contributed by atoms with E-state index in [2.05, 4.69) is 6.07 Å². The van der Waals surface area contributed by atoms with Gasteiger partial charge in [-0.15, -0.1) is 0 Å². The summed E-state index contributed by atoms with van der Waals surface area (Å²) in [6.45, 7) is 2.51. The van der Waals surface area contributed by atoms with E-state index < -0.39 is 30.0 Å². The summed E-state index contributed by atoms with van der Waals surface area (Å²) in [5.41, 5.74) is 7.02. The van der Waals surface area contributed by atoms with Gasteiger partial charge >= 0.3 is 12.6 Å². The van der Waals surface area contributed by atoms with Crippen molar-refractivity contribution >= 4 is 28.2 Å². The Morgan fingerprint density at radius 1 is 0.964 bits per heavy atom. The highest BCUT2D eigenvalue weighted by Gasteiger charge is 2.75. The van der Waals surface area contributed by atoms with Gasteiger partial charge in [0, 0.05) is 55.4 Å². The van der Waals surface area contributed by atoms with Gasteiger partial charge < -0.3 is 18.7 Å². The number of hydrogen-bond donors (Lipinski definition) is 1. The minimum Gasteiger partial charge on any atom is -0.480 e. The highest BCUT2D eigenvalue weighted by atomic mass is 19.3. The lowest BCUT2D eigenvalue weighted by molar-refractivity contribution is -0.142. The molecule has 3 fully saturated rings. The number of carboxylic acids is 1. The Morgan fingerprint density at radius 3 is 2.23 bits per heavy atom. The molecule has 1 saturated carbocycles. The van der Waals surface area contributed by atoms with Crippen LogP contribution in [0.25, 0.3) is 56.2 Å². The van der Waals surface area contributed by atoms with Gasteiger partial charge in [-0.2, -0.15) is 14.0 Å². The Hall–Kier alpha value is -5.78. The smallest absolute Gasteiger partial charge is 0.387 e. The monoisotopic (exact) mass is 765 g/mol. The highest BCUT2D eigenvalue weighted by Crippen LogP contribution is 2.65. The fourth-order valence-electron chi connectivity index (χ4n) is 8.56. The van der Waals surface area contributed by atoms with Crippen LogP contribution in [-0.2, 0) is 17.9 Å². The minimum atomic E-state index is -3.09. The van der Waals surface area contributed by atoms with Crippen molar-refractivity contribution in [3.63, 3.8) is 0 Å². The summed E-state index contributed by atoms with van der Waals surface area (Å²) in [4.78, 5) is 25.0. The molecule has 0 unspecified atom stereocenters. The topological polar surface area (TPSA) is 129 Å². The van der Waals surface area contributed by atoms with Crippen LogP contribution in [0.5, 0.6) is 5.75 Å². The molecule has 2 aliphatic heterocycles. The SMILES string of the molecule is Cc1c(-c2nc3cc(CN4CCC[C@H]4C(=O)O)c(OC(F)F)cc3o2)cccc1-c1cccc(-c2nc3cc(CN4CC5(C4)CC5(F)F)cc(C#N)c3o2)c1C. The third-order valence-electron chi connectivity index (χ3n) is 11.6. The fraction of sp³-hybridized carbons (Fsp3) is 0.333. The maximum Gasteiger partial charge on any atom is 0.387 e. The standard InChI is InChI=1S/C42H35F4N5O5/c1-22-27(6-3-8-29(22)37-48-31-14-26(18-51-11-5-10-33(51)39(52)53)34(55-40(43)44)15-35(31)54-37)28-7-4-9-30(23(28)2)38-49-32-13-24(12-25(16-47)36(32)56-38)17-50-20-41(21-50)19-42(41,45)46/h3-4,6-9,12-15,33,40H,5,10-11,17-21H2,1-2H3,(H,52,53)/t33-/m0/s1. The van der Waals surface area contributed by atoms with Gasteiger partial charge in [-0.05, 0) is 91.4 Å². The van der Waals surface area contributed by atoms with E-state index in [1.807, 2.05) is 61.2 Å². The van der Waals surface area contributed by atoms with Crippen LogP contribution >= 0.6 is 0 Å². The second kappa shape index (κ2) is 13.2. The van der Waals surface area contributed by atoms with Crippen LogP contribution in [0.4, 0.5) is 17.6 Å². The number of aliphatic carboxylic acids is 1. The van der Waals surface area contributed by atoms with Gasteiger partial charge in [0.1, 0.15) is 28.9 Å². The van der Waals surface area contributed by atoms with Gasteiger partial charge in [0.05, 0.1) is 11.0 Å². The number of carbonyl (C=O) groups is 1. The summed E-state index contributed by atoms with van der Waals surface area (Å²) in [6.07, 6.45) is 1.09. The number of nitrogens with zero attached hydrogens (tertiary/aromatic N) is 5. The quantitative estimate of drug-likeness (QED) is 0.135. The number of aromatic nitrogens is 2. The number of benzene rings is 4. The molecule has 1 N–H and O–H groups in total. The molecule has 14 heteroatoms. The van der Waals surface area contributed by atoms with E-state index in [9.17, 15) is 32.7 Å². The lowest BCUT2D eigenvalue weighted by Crippen LogP contribution is -2.50. The zero-order valence-corrected chi connectivity index (χ0v) is 30.4. The van der Waals surface area contributed by atoms with E-state index in [4.69, 9.17) is 23.5 Å². The number of hydrogen-bond acceptors (Lipinski definition) is 9. The van der Waals surface area contributed by atoms with Crippen LogP contribution in [0.1, 0.15) is 47.1 Å². The van der Waals surface area contributed by atoms with E-state index >= 15 is 0 Å². The number of carboxylic acid groups (broad SMARTS) is 1. The normalized spacial score (nSPS) is 18.9. The molecule has 3 aliphatic rings. The molecule has 9 rings (SSSR count). The van der Waals surface area contributed by atoms with Crippen LogP contribution in [-0.4, -0.2) is 69.1 Å². The molecule has 56 heavy (non-hydrogen) atoms. The van der Waals surface area contributed by atoms with Gasteiger partial charge in [-0.3, -0.25) is 14.6 Å². The molecule has 0 amide bonds. The van der Waals surface area contributed by atoms with E-state index in [1.54, 1.807) is 17.0 Å². The molecule has 10 nitrogen and oxygen atoms in total. The number of alkyl halides is 4. The minimum absolute atomic E-state index is 0.0638. The summed E-state index contributed by atoms with van der Waals surface area (Å²) >= 11 is 0. The summed E-state index contributed by atoms with van der Waals surface area (Å²) in [7, 11) is 0. The Kier molecular flexibility index (Phi) is 8.44. The van der Waals surface area contributed by atoms with Gasteiger partial charge in [0.25, 0.3) is 5.92 Å². The first kappa shape index (κ1) is 35.9. The van der Waals surface area contributed by atoms with Crippen molar-refractivity contribution in [2.24, 2.45) is 5.41 Å². The van der Waals surface area contributed by atoms with Gasteiger partial charge in [0.15, 0.2) is 11.2 Å². The van der Waals surface area contributed by atoms with E-state index in [-0.39, 0.29) is 30.2 Å². The van der Waals surface area contributed by atoms with Crippen molar-refractivity contribution in [1.29, 1.82) is 5.26 Å². The largest absolute Gasteiger partial charge is 0.480 e. The number of ether oxygens (including phenoxy) is 1. The number of halogens is 4. The van der Waals surface area contributed by atoms with Crippen LogP contribution in [0.2, 0.25) is 0 Å². The fourth-order valence-corrected chi connectivity index (χ4v) is 8.56. The predicted molar refractivity (Wildman–Crippen MR) is 197 cm³/mol. The third-order valence-corrected chi connectivity index (χ3v) is 11.6. The molecule has 2 aromatic heterocycles. The summed E-state index contributed by atoms with van der Waals surface area (Å²) < 4.78 is 71.8.